The van der Waals surface area contributed by atoms with E-state index < -0.39 is 5.97 Å². The first-order valence-corrected chi connectivity index (χ1v) is 6.38. The third kappa shape index (κ3) is 2.04. The Balaban J connectivity index is 2.09. The van der Waals surface area contributed by atoms with E-state index in [0.29, 0.717) is 23.7 Å². The van der Waals surface area contributed by atoms with Gasteiger partial charge in [0.2, 0.25) is 0 Å². The fourth-order valence-corrected chi connectivity index (χ4v) is 2.64. The van der Waals surface area contributed by atoms with Gasteiger partial charge in [-0.25, -0.2) is 9.78 Å². The lowest BCUT2D eigenvalue weighted by molar-refractivity contribution is 0.0693. The van der Waals surface area contributed by atoms with Crippen molar-refractivity contribution < 1.29 is 9.90 Å². The Morgan fingerprint density at radius 3 is 2.79 bits per heavy atom. The molecule has 1 aliphatic heterocycles. The van der Waals surface area contributed by atoms with Crippen molar-refractivity contribution in [2.45, 2.75) is 19.4 Å². The van der Waals surface area contributed by atoms with Crippen LogP contribution in [0.2, 0.25) is 0 Å². The molecule has 0 aliphatic carbocycles. The summed E-state index contributed by atoms with van der Waals surface area (Å²) in [5.41, 5.74) is 6.58. The fraction of sp³-hybridized carbons (Fsp3) is 0.385. The second kappa shape index (κ2) is 4.55. The van der Waals surface area contributed by atoms with Crippen LogP contribution in [0.15, 0.2) is 18.2 Å². The Labute approximate surface area is 110 Å². The summed E-state index contributed by atoms with van der Waals surface area (Å²) >= 11 is 0. The zero-order valence-corrected chi connectivity index (χ0v) is 10.5. The molecule has 2 aromatic rings. The molecular formula is C13H16N4O2. The third-order valence-corrected chi connectivity index (χ3v) is 3.53. The van der Waals surface area contributed by atoms with Crippen LogP contribution in [0.4, 0.5) is 5.82 Å². The molecule has 3 rings (SSSR count). The molecule has 1 fully saturated rings. The highest BCUT2D eigenvalue weighted by Gasteiger charge is 2.20. The first-order valence-electron chi connectivity index (χ1n) is 6.38. The Bertz CT molecular complexity index is 629. The SMILES string of the molecule is Nc1cccc2c(C(=O)O)nc(CN3CCCC3)n12. The first kappa shape index (κ1) is 12.0. The second-order valence-electron chi connectivity index (χ2n) is 4.84. The number of imidazole rings is 1. The minimum Gasteiger partial charge on any atom is -0.476 e. The van der Waals surface area contributed by atoms with Crippen LogP contribution in [0.3, 0.4) is 0 Å². The molecule has 0 spiro atoms. The summed E-state index contributed by atoms with van der Waals surface area (Å²) in [6.45, 7) is 2.71. The Morgan fingerprint density at radius 1 is 1.37 bits per heavy atom. The normalized spacial score (nSPS) is 16.2. The topological polar surface area (TPSA) is 83.9 Å². The van der Waals surface area contributed by atoms with Crippen molar-refractivity contribution in [2.75, 3.05) is 18.8 Å². The predicted molar refractivity (Wildman–Crippen MR) is 71.1 cm³/mol. The molecule has 0 atom stereocenters. The van der Waals surface area contributed by atoms with E-state index in [2.05, 4.69) is 9.88 Å². The number of aromatic carboxylic acids is 1. The summed E-state index contributed by atoms with van der Waals surface area (Å²) in [7, 11) is 0. The molecule has 1 aliphatic rings. The smallest absolute Gasteiger partial charge is 0.356 e. The van der Waals surface area contributed by atoms with Gasteiger partial charge in [-0.15, -0.1) is 0 Å². The molecule has 0 aromatic carbocycles. The lowest BCUT2D eigenvalue weighted by Gasteiger charge is -2.13. The van der Waals surface area contributed by atoms with E-state index in [1.54, 1.807) is 22.6 Å². The van der Waals surface area contributed by atoms with Crippen LogP contribution in [0.25, 0.3) is 5.52 Å². The monoisotopic (exact) mass is 260 g/mol. The van der Waals surface area contributed by atoms with Gasteiger partial charge >= 0.3 is 5.97 Å². The maximum atomic E-state index is 11.2. The number of carbonyl (C=O) groups is 1. The number of carboxylic acids is 1. The van der Waals surface area contributed by atoms with Gasteiger partial charge in [0, 0.05) is 0 Å². The Hall–Kier alpha value is -2.08. The molecule has 6 heteroatoms. The van der Waals surface area contributed by atoms with Crippen molar-refractivity contribution in [1.82, 2.24) is 14.3 Å². The molecule has 100 valence electrons. The number of anilines is 1. The zero-order chi connectivity index (χ0) is 13.4. The van der Waals surface area contributed by atoms with Gasteiger partial charge in [-0.1, -0.05) is 6.07 Å². The number of pyridine rings is 1. The maximum absolute atomic E-state index is 11.2. The Morgan fingerprint density at radius 2 is 2.11 bits per heavy atom. The summed E-state index contributed by atoms with van der Waals surface area (Å²) in [6, 6.07) is 5.24. The molecule has 0 bridgehead atoms. The van der Waals surface area contributed by atoms with Gasteiger partial charge < -0.3 is 10.8 Å². The second-order valence-corrected chi connectivity index (χ2v) is 4.84. The number of carboxylic acid groups (broad SMARTS) is 1. The van der Waals surface area contributed by atoms with E-state index in [-0.39, 0.29) is 5.69 Å². The highest BCUT2D eigenvalue weighted by molar-refractivity contribution is 5.94. The summed E-state index contributed by atoms with van der Waals surface area (Å²) in [5, 5.41) is 9.22. The van der Waals surface area contributed by atoms with Crippen molar-refractivity contribution in [2.24, 2.45) is 0 Å². The van der Waals surface area contributed by atoms with Gasteiger partial charge in [-0.05, 0) is 38.1 Å². The zero-order valence-electron chi connectivity index (χ0n) is 10.5. The number of likely N-dealkylation sites (tertiary alicyclic amines) is 1. The first-order chi connectivity index (χ1) is 9.16. The van der Waals surface area contributed by atoms with E-state index in [1.807, 2.05) is 0 Å². The molecule has 0 amide bonds. The third-order valence-electron chi connectivity index (χ3n) is 3.53. The number of nitrogens with zero attached hydrogens (tertiary/aromatic N) is 3. The van der Waals surface area contributed by atoms with Crippen molar-refractivity contribution >= 4 is 17.3 Å². The molecule has 19 heavy (non-hydrogen) atoms. The van der Waals surface area contributed by atoms with Crippen LogP contribution in [0, 0.1) is 0 Å². The fourth-order valence-electron chi connectivity index (χ4n) is 2.64. The van der Waals surface area contributed by atoms with Crippen molar-refractivity contribution in [3.05, 3.63) is 29.7 Å². The lowest BCUT2D eigenvalue weighted by Crippen LogP contribution is -2.20. The van der Waals surface area contributed by atoms with Gasteiger partial charge in [0.15, 0.2) is 5.69 Å². The van der Waals surface area contributed by atoms with Crippen molar-refractivity contribution in [1.29, 1.82) is 0 Å². The van der Waals surface area contributed by atoms with E-state index >= 15 is 0 Å². The standard InChI is InChI=1S/C13H16N4O2/c14-10-5-3-4-9-12(13(18)19)15-11(17(9)10)8-16-6-1-2-7-16/h3-5H,1-2,6-8,14H2,(H,18,19). The largest absolute Gasteiger partial charge is 0.476 e. The summed E-state index contributed by atoms with van der Waals surface area (Å²) in [4.78, 5) is 17.8. The molecule has 0 radical (unpaired) electrons. The highest BCUT2D eigenvalue weighted by atomic mass is 16.4. The number of nitrogens with two attached hydrogens (primary N) is 1. The van der Waals surface area contributed by atoms with E-state index in [1.165, 1.54) is 12.8 Å². The van der Waals surface area contributed by atoms with Crippen LogP contribution in [-0.4, -0.2) is 38.4 Å². The highest BCUT2D eigenvalue weighted by Crippen LogP contribution is 2.20. The predicted octanol–water partition coefficient (Wildman–Crippen LogP) is 1.21. The number of fused-ring (bicyclic) bond motifs is 1. The van der Waals surface area contributed by atoms with Crippen molar-refractivity contribution in [3.63, 3.8) is 0 Å². The van der Waals surface area contributed by atoms with E-state index in [0.717, 1.165) is 13.1 Å². The number of aromatic nitrogens is 2. The number of hydrogen-bond acceptors (Lipinski definition) is 4. The minimum atomic E-state index is -1.02. The molecule has 1 saturated heterocycles. The van der Waals surface area contributed by atoms with Gasteiger partial charge in [0.05, 0.1) is 12.1 Å². The maximum Gasteiger partial charge on any atom is 0.356 e. The molecule has 3 heterocycles. The molecule has 6 nitrogen and oxygen atoms in total. The Kier molecular flexibility index (Phi) is 2.87. The van der Waals surface area contributed by atoms with Crippen LogP contribution in [0.1, 0.15) is 29.2 Å². The average molecular weight is 260 g/mol. The van der Waals surface area contributed by atoms with Crippen LogP contribution in [-0.2, 0) is 6.54 Å². The van der Waals surface area contributed by atoms with Gasteiger partial charge in [-0.2, -0.15) is 0 Å². The minimum absolute atomic E-state index is 0.0708. The number of nitrogen functional groups attached to an aromatic ring is 1. The van der Waals surface area contributed by atoms with E-state index in [9.17, 15) is 9.90 Å². The van der Waals surface area contributed by atoms with Crippen molar-refractivity contribution in [3.8, 4) is 0 Å². The number of rotatable bonds is 3. The quantitative estimate of drug-likeness (QED) is 0.866. The molecule has 0 unspecified atom stereocenters. The van der Waals surface area contributed by atoms with Gasteiger partial charge in [0.1, 0.15) is 11.6 Å². The van der Waals surface area contributed by atoms with Crippen LogP contribution < -0.4 is 5.73 Å². The van der Waals surface area contributed by atoms with Gasteiger partial charge in [-0.3, -0.25) is 9.30 Å². The summed E-state index contributed by atoms with van der Waals surface area (Å²) in [5.74, 6) is 0.204. The lowest BCUT2D eigenvalue weighted by atomic mass is 10.3. The average Bonchev–Trinajstić information content (AvgIpc) is 2.98. The summed E-state index contributed by atoms with van der Waals surface area (Å²) < 4.78 is 1.74. The molecule has 3 N–H and O–H groups in total. The summed E-state index contributed by atoms with van der Waals surface area (Å²) in [6.07, 6.45) is 2.37. The molecule has 2 aromatic heterocycles. The molecule has 0 saturated carbocycles. The molecular weight excluding hydrogens is 244 g/mol. The van der Waals surface area contributed by atoms with Crippen LogP contribution >= 0.6 is 0 Å². The van der Waals surface area contributed by atoms with Gasteiger partial charge in [0.25, 0.3) is 0 Å². The van der Waals surface area contributed by atoms with E-state index in [4.69, 9.17) is 5.73 Å². The van der Waals surface area contributed by atoms with Crippen LogP contribution in [0.5, 0.6) is 0 Å². The number of hydrogen-bond donors (Lipinski definition) is 2.